The maximum atomic E-state index is 13.2. The Balaban J connectivity index is 1.68. The lowest BCUT2D eigenvalue weighted by molar-refractivity contribution is -0.131. The summed E-state index contributed by atoms with van der Waals surface area (Å²) in [4.78, 5) is 35.4. The Bertz CT molecular complexity index is 1280. The molecule has 9 nitrogen and oxygen atoms in total. The van der Waals surface area contributed by atoms with Gasteiger partial charge in [0.25, 0.3) is 5.56 Å². The highest BCUT2D eigenvalue weighted by molar-refractivity contribution is 7.09. The Morgan fingerprint density at radius 3 is 2.74 bits per heavy atom. The summed E-state index contributed by atoms with van der Waals surface area (Å²) in [7, 11) is 0. The summed E-state index contributed by atoms with van der Waals surface area (Å²) in [6, 6.07) is 3.71. The zero-order valence-corrected chi connectivity index (χ0v) is 19.9. The van der Waals surface area contributed by atoms with E-state index in [-0.39, 0.29) is 12.1 Å². The van der Waals surface area contributed by atoms with E-state index >= 15 is 0 Å². The van der Waals surface area contributed by atoms with Crippen LogP contribution in [0.25, 0.3) is 11.7 Å². The van der Waals surface area contributed by atoms with Gasteiger partial charge in [0.15, 0.2) is 0 Å². The molecule has 0 saturated carbocycles. The number of carboxylic acids is 1. The van der Waals surface area contributed by atoms with Crippen LogP contribution in [0.15, 0.2) is 34.6 Å². The molecular weight excluding hydrogens is 456 g/mol. The van der Waals surface area contributed by atoms with Crippen molar-refractivity contribution in [3.63, 3.8) is 0 Å². The average Bonchev–Trinajstić information content (AvgIpc) is 3.28. The quantitative estimate of drug-likeness (QED) is 0.435. The fraction of sp³-hybridized carbons (Fsp3) is 0.417. The molecule has 3 N–H and O–H groups in total. The van der Waals surface area contributed by atoms with E-state index in [0.29, 0.717) is 30.3 Å². The minimum absolute atomic E-state index is 0.0968. The molecule has 2 atom stereocenters. The van der Waals surface area contributed by atoms with Crippen molar-refractivity contribution < 1.29 is 20.1 Å². The monoisotopic (exact) mass is 484 g/mol. The number of nitrogens with zero attached hydrogens (tertiary/aromatic N) is 4. The summed E-state index contributed by atoms with van der Waals surface area (Å²) >= 11 is 1.65. The molecule has 180 valence electrons. The second kappa shape index (κ2) is 10.0. The Hall–Kier alpha value is -3.08. The second-order valence-corrected chi connectivity index (χ2v) is 9.72. The number of carboxylic acid groups (broad SMARTS) is 1. The fourth-order valence-electron chi connectivity index (χ4n) is 3.95. The first-order chi connectivity index (χ1) is 16.2. The number of hydrogen-bond acceptors (Lipinski definition) is 8. The van der Waals surface area contributed by atoms with Crippen LogP contribution in [0.1, 0.15) is 48.0 Å². The van der Waals surface area contributed by atoms with Crippen LogP contribution in [0, 0.1) is 0 Å². The second-order valence-electron chi connectivity index (χ2n) is 8.78. The first-order valence-corrected chi connectivity index (χ1v) is 12.1. The molecule has 1 fully saturated rings. The Morgan fingerprint density at radius 2 is 2.06 bits per heavy atom. The normalized spacial score (nSPS) is 18.9. The standard InChI is InChI=1S/C24H28N4O5S/c1-14(2)17-13-34-21(25-17)5-3-15-7-10-28-20(11-15)26-23(16(24(28)33)4-6-22(31)32)27-9-8-18(29)19(30)12-27/h4,6-7,10-11,13-14,18-19,29-30H,3,5,8-9,12H2,1-2H3,(H,31,32)/b6-4+/t18-,19+/m0/s1. The summed E-state index contributed by atoms with van der Waals surface area (Å²) in [5.41, 5.74) is 2.26. The van der Waals surface area contributed by atoms with Gasteiger partial charge in [-0.1, -0.05) is 13.8 Å². The minimum Gasteiger partial charge on any atom is -0.478 e. The van der Waals surface area contributed by atoms with Crippen LogP contribution < -0.4 is 10.5 Å². The molecule has 3 aromatic heterocycles. The van der Waals surface area contributed by atoms with Gasteiger partial charge in [-0.05, 0) is 42.5 Å². The maximum absolute atomic E-state index is 13.2. The number of hydrogen-bond donors (Lipinski definition) is 3. The number of aryl methyl sites for hydroxylation is 2. The summed E-state index contributed by atoms with van der Waals surface area (Å²) in [6.07, 6.45) is 3.79. The molecule has 0 bridgehead atoms. The molecule has 0 spiro atoms. The van der Waals surface area contributed by atoms with E-state index < -0.39 is 23.7 Å². The largest absolute Gasteiger partial charge is 0.478 e. The van der Waals surface area contributed by atoms with Crippen LogP contribution >= 0.6 is 11.3 Å². The molecule has 0 aromatic carbocycles. The van der Waals surface area contributed by atoms with Crippen molar-refractivity contribution in [3.05, 3.63) is 62.0 Å². The van der Waals surface area contributed by atoms with E-state index in [1.807, 2.05) is 12.1 Å². The van der Waals surface area contributed by atoms with Crippen molar-refractivity contribution in [2.24, 2.45) is 0 Å². The van der Waals surface area contributed by atoms with E-state index in [1.54, 1.807) is 22.4 Å². The maximum Gasteiger partial charge on any atom is 0.328 e. The zero-order chi connectivity index (χ0) is 24.4. The van der Waals surface area contributed by atoms with E-state index in [1.165, 1.54) is 10.5 Å². The first-order valence-electron chi connectivity index (χ1n) is 11.2. The van der Waals surface area contributed by atoms with Crippen LogP contribution in [0.5, 0.6) is 0 Å². The van der Waals surface area contributed by atoms with Gasteiger partial charge in [0.05, 0.1) is 28.5 Å². The number of fused-ring (bicyclic) bond motifs is 1. The number of rotatable bonds is 7. The van der Waals surface area contributed by atoms with Gasteiger partial charge in [0, 0.05) is 37.2 Å². The molecule has 1 aliphatic rings. The number of pyridine rings is 1. The molecule has 4 heterocycles. The summed E-state index contributed by atoms with van der Waals surface area (Å²) in [6.45, 7) is 4.71. The van der Waals surface area contributed by atoms with Crippen molar-refractivity contribution in [1.29, 1.82) is 0 Å². The molecule has 1 saturated heterocycles. The third-order valence-electron chi connectivity index (χ3n) is 5.94. The van der Waals surface area contributed by atoms with Gasteiger partial charge in [-0.2, -0.15) is 0 Å². The lowest BCUT2D eigenvalue weighted by atomic mass is 10.0. The van der Waals surface area contributed by atoms with Gasteiger partial charge >= 0.3 is 5.97 Å². The van der Waals surface area contributed by atoms with Crippen LogP contribution in [-0.4, -0.2) is 61.0 Å². The SMILES string of the molecule is CC(C)c1csc(CCc2ccn3c(=O)c(/C=C/C(=O)O)c(N4CC[C@H](O)[C@H](O)C4)nc3c2)n1. The number of aromatic nitrogens is 3. The zero-order valence-electron chi connectivity index (χ0n) is 19.1. The number of aliphatic carboxylic acids is 1. The number of thiazole rings is 1. The number of aliphatic hydroxyl groups excluding tert-OH is 2. The third-order valence-corrected chi connectivity index (χ3v) is 6.86. The number of carbonyl (C=O) groups is 1. The van der Waals surface area contributed by atoms with Gasteiger partial charge in [-0.25, -0.2) is 14.8 Å². The lowest BCUT2D eigenvalue weighted by Crippen LogP contribution is -2.47. The first kappa shape index (κ1) is 24.1. The third kappa shape index (κ3) is 5.19. The van der Waals surface area contributed by atoms with Crippen LogP contribution in [-0.2, 0) is 17.6 Å². The van der Waals surface area contributed by atoms with E-state index in [2.05, 4.69) is 29.2 Å². The number of anilines is 1. The molecule has 10 heteroatoms. The van der Waals surface area contributed by atoms with Gasteiger partial charge < -0.3 is 20.2 Å². The van der Waals surface area contributed by atoms with Crippen molar-refractivity contribution >= 4 is 34.8 Å². The lowest BCUT2D eigenvalue weighted by Gasteiger charge is -2.34. The molecule has 34 heavy (non-hydrogen) atoms. The van der Waals surface area contributed by atoms with Crippen molar-refractivity contribution in [2.45, 2.75) is 51.2 Å². The van der Waals surface area contributed by atoms with Crippen LogP contribution in [0.2, 0.25) is 0 Å². The van der Waals surface area contributed by atoms with E-state index in [4.69, 9.17) is 5.11 Å². The van der Waals surface area contributed by atoms with Crippen molar-refractivity contribution in [3.8, 4) is 0 Å². The Morgan fingerprint density at radius 1 is 1.26 bits per heavy atom. The molecule has 0 aliphatic carbocycles. The molecule has 4 rings (SSSR count). The number of aliphatic hydroxyl groups is 2. The highest BCUT2D eigenvalue weighted by atomic mass is 32.1. The molecule has 0 radical (unpaired) electrons. The molecule has 0 unspecified atom stereocenters. The highest BCUT2D eigenvalue weighted by Gasteiger charge is 2.28. The topological polar surface area (TPSA) is 128 Å². The van der Waals surface area contributed by atoms with Crippen molar-refractivity contribution in [1.82, 2.24) is 14.4 Å². The summed E-state index contributed by atoms with van der Waals surface area (Å²) in [5, 5.41) is 32.2. The van der Waals surface area contributed by atoms with Crippen molar-refractivity contribution in [2.75, 3.05) is 18.0 Å². The smallest absolute Gasteiger partial charge is 0.328 e. The van der Waals surface area contributed by atoms with Gasteiger partial charge in [0.1, 0.15) is 11.5 Å². The highest BCUT2D eigenvalue weighted by Crippen LogP contribution is 2.24. The Labute approximate surface area is 200 Å². The predicted octanol–water partition coefficient (Wildman–Crippen LogP) is 2.09. The fourth-order valence-corrected chi connectivity index (χ4v) is 4.91. The summed E-state index contributed by atoms with van der Waals surface area (Å²) < 4.78 is 1.39. The number of β-amino-alcohol motifs (C(OH)–C–C–N with tert-alkyl or cyclic N) is 1. The van der Waals surface area contributed by atoms with Gasteiger partial charge in [-0.3, -0.25) is 9.20 Å². The molecule has 3 aromatic rings. The molecular formula is C24H28N4O5S. The van der Waals surface area contributed by atoms with Gasteiger partial charge in [0.2, 0.25) is 0 Å². The van der Waals surface area contributed by atoms with Gasteiger partial charge in [-0.15, -0.1) is 11.3 Å². The van der Waals surface area contributed by atoms with Crippen LogP contribution in [0.4, 0.5) is 5.82 Å². The van der Waals surface area contributed by atoms with Crippen LogP contribution in [0.3, 0.4) is 0 Å². The molecule has 0 amide bonds. The minimum atomic E-state index is -1.18. The van der Waals surface area contributed by atoms with E-state index in [9.17, 15) is 19.8 Å². The number of piperidine rings is 1. The summed E-state index contributed by atoms with van der Waals surface area (Å²) in [5.74, 6) is -0.492. The average molecular weight is 485 g/mol. The predicted molar refractivity (Wildman–Crippen MR) is 131 cm³/mol. The molecule has 1 aliphatic heterocycles. The Kier molecular flexibility index (Phi) is 7.11. The van der Waals surface area contributed by atoms with E-state index in [0.717, 1.165) is 35.2 Å².